The van der Waals surface area contributed by atoms with Gasteiger partial charge in [-0.2, -0.15) is 0 Å². The molecule has 117 heavy (non-hydrogen) atoms. The summed E-state index contributed by atoms with van der Waals surface area (Å²) in [5, 5.41) is -1.08. The summed E-state index contributed by atoms with van der Waals surface area (Å²) in [6, 6.07) is 13.8. The van der Waals surface area contributed by atoms with Crippen LogP contribution in [0.5, 0.6) is 34.5 Å². The van der Waals surface area contributed by atoms with Crippen molar-refractivity contribution in [3.8, 4) is 34.5 Å². The highest BCUT2D eigenvalue weighted by molar-refractivity contribution is 14.1. The van der Waals surface area contributed by atoms with E-state index in [1.54, 1.807) is 36.4 Å². The Labute approximate surface area is 714 Å². The minimum absolute atomic E-state index is 0.0776. The third-order valence-corrected chi connectivity index (χ3v) is 25.9. The van der Waals surface area contributed by atoms with Gasteiger partial charge in [-0.25, -0.2) is 0 Å². The molecule has 28 rings (SSSR count). The summed E-state index contributed by atoms with van der Waals surface area (Å²) in [5.74, 6) is 1.39. The number of rotatable bonds is 36. The number of nitrogens with zero attached hydrogens (tertiary/aromatic N) is 6. The lowest BCUT2D eigenvalue weighted by atomic mass is 10.1. The Morgan fingerprint density at radius 1 is 0.214 bits per heavy atom. The van der Waals surface area contributed by atoms with Crippen LogP contribution in [0, 0.1) is 10.7 Å². The van der Waals surface area contributed by atoms with Crippen LogP contribution in [0.3, 0.4) is 0 Å². The molecule has 0 N–H and O–H groups in total. The van der Waals surface area contributed by atoms with E-state index in [4.69, 9.17) is 28.4 Å². The summed E-state index contributed by atoms with van der Waals surface area (Å²) in [6.45, 7) is 11.6. The second-order valence-corrected chi connectivity index (χ2v) is 34.2. The van der Waals surface area contributed by atoms with Crippen LogP contribution in [0.4, 0.5) is 0 Å². The van der Waals surface area contributed by atoms with Crippen LogP contribution in [0.2, 0.25) is 0 Å². The molecule has 0 aliphatic carbocycles. The minimum atomic E-state index is -0.745. The summed E-state index contributed by atoms with van der Waals surface area (Å²) in [4.78, 5) is 182. The SMILES string of the molecule is CCCCCCOc1cc2c(OCCCCCC)cc1Cn1c(=O)c3cc4c(=O)n(c(=O)c4c(I)c3c1=O)Cc1cc(OCCCCCC)c(cc1OCCCCCC)Cn1c(=O)c3cc4c(=O)n(c(=O)c4c(I)c3c1=O)Cc1cc(OCCCCCC)c(cc1OCCCCCC)Cn1c(=O)c3cc4c(=O)n(c(=O)c4c(I)c3c1=O)C2. The molecule has 0 unspecified atom stereocenters. The first-order chi connectivity index (χ1) is 56.6. The number of unbranched alkanes of at least 4 members (excludes halogenated alkanes) is 18. The van der Waals surface area contributed by atoms with Crippen molar-refractivity contribution in [1.29, 1.82) is 0 Å². The highest BCUT2D eigenvalue weighted by Crippen LogP contribution is 2.37. The van der Waals surface area contributed by atoms with Gasteiger partial charge in [-0.3, -0.25) is 84.9 Å². The van der Waals surface area contributed by atoms with Crippen LogP contribution in [0.25, 0.3) is 64.6 Å². The van der Waals surface area contributed by atoms with Crippen LogP contribution in [0.1, 0.15) is 229 Å². The molecule has 24 nitrogen and oxygen atoms in total. The highest BCUT2D eigenvalue weighted by atomic mass is 127. The number of ether oxygens (including phenoxy) is 6. The second-order valence-electron chi connectivity index (χ2n) is 30.9. The molecule has 0 fully saturated rings. The van der Waals surface area contributed by atoms with E-state index in [1.807, 2.05) is 67.8 Å². The molecule has 0 saturated heterocycles. The zero-order valence-corrected chi connectivity index (χ0v) is 73.8. The summed E-state index contributed by atoms with van der Waals surface area (Å²) < 4.78 is 46.1. The highest BCUT2D eigenvalue weighted by Gasteiger charge is 2.32. The van der Waals surface area contributed by atoms with Crippen molar-refractivity contribution in [1.82, 2.24) is 27.4 Å². The maximum Gasteiger partial charge on any atom is 0.262 e. The van der Waals surface area contributed by atoms with Gasteiger partial charge in [0.15, 0.2) is 0 Å². The summed E-state index contributed by atoms with van der Waals surface area (Å²) in [5.41, 5.74) is -6.83. The Kier molecular flexibility index (Phi) is 28.3. The largest absolute Gasteiger partial charge is 0.493 e. The fourth-order valence-corrected chi connectivity index (χ4v) is 19.2. The topological polar surface area (TPSA) is 290 Å². The Balaban J connectivity index is 1.03. The number of hydrogen-bond acceptors (Lipinski definition) is 18. The van der Waals surface area contributed by atoms with Crippen LogP contribution < -0.4 is 95.1 Å². The van der Waals surface area contributed by atoms with Gasteiger partial charge in [-0.15, -0.1) is 0 Å². The van der Waals surface area contributed by atoms with Gasteiger partial charge >= 0.3 is 0 Å². The minimum Gasteiger partial charge on any atom is -0.493 e. The van der Waals surface area contributed by atoms with Crippen molar-refractivity contribution in [2.75, 3.05) is 39.6 Å². The summed E-state index contributed by atoms with van der Waals surface area (Å²) >= 11 is 5.57. The lowest BCUT2D eigenvalue weighted by Crippen LogP contribution is -2.28. The first-order valence-corrected chi connectivity index (χ1v) is 44.9. The third kappa shape index (κ3) is 17.4. The molecular formula is C90H99I3N6O18. The van der Waals surface area contributed by atoms with Gasteiger partial charge in [0.25, 0.3) is 66.7 Å². The van der Waals surface area contributed by atoms with E-state index in [-0.39, 0.29) is 189 Å². The standard InChI is InChI=1S/C90H99I3N6O18/c1-7-13-19-25-31-112-64-37-53-47-95-80(101)59-44-61-73(77(92)71(59)86(95)107)88(109)97(82(61)103)49-55-40-69(117-36-30-24-18-12-6)57(42-68(55)116-35-29-23-17-11-5)51-99-84(105)63-45-62-74(78(93)75(63)90(99)111)89(110)98(83(62)104)50-56-41-66(114-33-27-21-15-9-3)54(39-67(56)115-34-28-22-16-10-4)48-96-81(102)60-43-58-70(76(91)72(60)87(96)108)85(106)94(79(58)100)46-52(64)38-65(53)113-32-26-20-14-8-2/h37-45H,7-36,46-51H2,1-6H3. The first kappa shape index (κ1) is 86.0. The van der Waals surface area contributed by atoms with Crippen LogP contribution in [0.15, 0.2) is 112 Å². The normalized spacial score (nSPS) is 12.7. The van der Waals surface area contributed by atoms with E-state index in [1.165, 1.54) is 18.2 Å². The molecular weight excluding hydrogens is 1830 g/mol. The zero-order chi connectivity index (χ0) is 83.0. The maximum atomic E-state index is 15.2. The molecule has 24 bridgehead atoms. The Morgan fingerprint density at radius 2 is 0.359 bits per heavy atom. The number of hydrogen-bond donors (Lipinski definition) is 0. The quantitative estimate of drug-likeness (QED) is 0.0260. The fraction of sp³-hybridized carbons (Fsp3) is 0.467. The first-order valence-electron chi connectivity index (χ1n) is 41.6. The molecule has 618 valence electrons. The Hall–Kier alpha value is -8.85. The molecule has 27 heteroatoms. The average molecular weight is 1930 g/mol. The lowest BCUT2D eigenvalue weighted by Gasteiger charge is -2.18. The molecule has 22 heterocycles. The molecule has 6 aromatic carbocycles. The van der Waals surface area contributed by atoms with Gasteiger partial charge < -0.3 is 28.4 Å². The Bertz CT molecular complexity index is 5470. The van der Waals surface area contributed by atoms with Crippen LogP contribution in [-0.4, -0.2) is 67.0 Å². The van der Waals surface area contributed by atoms with Crippen molar-refractivity contribution < 1.29 is 28.4 Å². The summed E-state index contributed by atoms with van der Waals surface area (Å²) in [6.07, 6.45) is 20.0. The van der Waals surface area contributed by atoms with Gasteiger partial charge in [0.1, 0.15) is 34.5 Å². The van der Waals surface area contributed by atoms with E-state index in [0.29, 0.717) is 71.9 Å². The van der Waals surface area contributed by atoms with Gasteiger partial charge in [0, 0.05) is 44.1 Å². The molecule has 6 aromatic heterocycles. The fourth-order valence-electron chi connectivity index (χ4n) is 16.1. The van der Waals surface area contributed by atoms with Crippen molar-refractivity contribution in [3.05, 3.63) is 223 Å². The summed E-state index contributed by atoms with van der Waals surface area (Å²) in [7, 11) is 0. The lowest BCUT2D eigenvalue weighted by molar-refractivity contribution is 0.291. The van der Waals surface area contributed by atoms with Gasteiger partial charge in [-0.05, 0) is 161 Å². The van der Waals surface area contributed by atoms with Crippen LogP contribution in [-0.2, 0) is 39.3 Å². The number of aromatic nitrogens is 6. The van der Waals surface area contributed by atoms with Crippen molar-refractivity contribution in [2.24, 2.45) is 0 Å². The van der Waals surface area contributed by atoms with E-state index in [2.05, 4.69) is 41.5 Å². The van der Waals surface area contributed by atoms with E-state index in [0.717, 1.165) is 143 Å². The predicted molar refractivity (Wildman–Crippen MR) is 485 cm³/mol. The second kappa shape index (κ2) is 38.5. The van der Waals surface area contributed by atoms with E-state index < -0.39 is 66.7 Å². The average Bonchev–Trinajstić information content (AvgIpc) is 1.58. The smallest absolute Gasteiger partial charge is 0.262 e. The zero-order valence-electron chi connectivity index (χ0n) is 67.3. The molecule has 0 radical (unpaired) electrons. The molecule has 16 aliphatic heterocycles. The maximum absolute atomic E-state index is 15.2. The predicted octanol–water partition coefficient (Wildman–Crippen LogP) is 14.5. The van der Waals surface area contributed by atoms with Gasteiger partial charge in [0.2, 0.25) is 0 Å². The van der Waals surface area contributed by atoms with Crippen molar-refractivity contribution in [3.63, 3.8) is 0 Å². The molecule has 0 saturated carbocycles. The van der Waals surface area contributed by atoms with E-state index >= 15 is 57.5 Å². The third-order valence-electron chi connectivity index (χ3n) is 22.6. The molecule has 0 atom stereocenters. The van der Waals surface area contributed by atoms with Gasteiger partial charge in [0.05, 0.1) is 144 Å². The van der Waals surface area contributed by atoms with Crippen molar-refractivity contribution >= 4 is 132 Å². The number of benzene rings is 6. The molecule has 0 spiro atoms. The molecule has 16 aliphatic rings. The van der Waals surface area contributed by atoms with Crippen molar-refractivity contribution in [2.45, 2.75) is 235 Å². The Morgan fingerprint density at radius 3 is 0.496 bits per heavy atom. The van der Waals surface area contributed by atoms with E-state index in [9.17, 15) is 0 Å². The monoisotopic (exact) mass is 1930 g/mol. The molecule has 12 aromatic rings. The van der Waals surface area contributed by atoms with Crippen LogP contribution >= 0.6 is 67.8 Å². The van der Waals surface area contributed by atoms with Gasteiger partial charge in [-0.1, -0.05) is 157 Å². The molecule has 0 amide bonds. The number of halogens is 3.